The predicted molar refractivity (Wildman–Crippen MR) is 83.9 cm³/mol. The second-order valence-electron chi connectivity index (χ2n) is 5.71. The molecule has 0 saturated heterocycles. The van der Waals surface area contributed by atoms with Gasteiger partial charge in [-0.1, -0.05) is 19.3 Å². The lowest BCUT2D eigenvalue weighted by molar-refractivity contribution is 0.117. The zero-order chi connectivity index (χ0) is 15.1. The first kappa shape index (κ1) is 16.1. The molecule has 0 heterocycles. The van der Waals surface area contributed by atoms with Crippen molar-refractivity contribution in [3.63, 3.8) is 0 Å². The molecule has 1 aliphatic carbocycles. The number of benzene rings is 1. The third-order valence-corrected chi connectivity index (χ3v) is 4.28. The van der Waals surface area contributed by atoms with Gasteiger partial charge in [-0.25, -0.2) is 0 Å². The number of aliphatic hydroxyl groups excluding tert-OH is 1. The van der Waals surface area contributed by atoms with Crippen LogP contribution in [0.4, 0.5) is 0 Å². The molecule has 1 aliphatic rings. The van der Waals surface area contributed by atoms with E-state index in [-0.39, 0.29) is 6.61 Å². The molecule has 0 amide bonds. The fourth-order valence-electron chi connectivity index (χ4n) is 3.16. The van der Waals surface area contributed by atoms with Gasteiger partial charge in [-0.05, 0) is 30.5 Å². The van der Waals surface area contributed by atoms with Crippen molar-refractivity contribution in [2.45, 2.75) is 44.7 Å². The van der Waals surface area contributed by atoms with Gasteiger partial charge in [0.25, 0.3) is 0 Å². The fraction of sp³-hybridized carbons (Fsp3) is 0.647. The average Bonchev–Trinajstić information content (AvgIpc) is 2.55. The first-order chi connectivity index (χ1) is 10.3. The molecule has 0 unspecified atom stereocenters. The van der Waals surface area contributed by atoms with Crippen molar-refractivity contribution in [2.75, 3.05) is 27.4 Å². The topological polar surface area (TPSA) is 41.9 Å². The van der Waals surface area contributed by atoms with Crippen LogP contribution in [-0.2, 0) is 6.54 Å². The van der Waals surface area contributed by atoms with Crippen molar-refractivity contribution < 1.29 is 14.6 Å². The molecule has 0 bridgehead atoms. The Kier molecular flexibility index (Phi) is 6.33. The van der Waals surface area contributed by atoms with Crippen LogP contribution >= 0.6 is 0 Å². The minimum absolute atomic E-state index is 0.206. The first-order valence-electron chi connectivity index (χ1n) is 7.83. The second-order valence-corrected chi connectivity index (χ2v) is 5.71. The largest absolute Gasteiger partial charge is 0.497 e. The standard InChI is InChI=1S/C17H27NO3/c1-20-16-10-14(11-17(12-16)21-2)13-18(8-9-19)15-6-4-3-5-7-15/h10-12,15,19H,3-9,13H2,1-2H3. The third-order valence-electron chi connectivity index (χ3n) is 4.28. The summed E-state index contributed by atoms with van der Waals surface area (Å²) >= 11 is 0. The van der Waals surface area contributed by atoms with Crippen molar-refractivity contribution in [1.29, 1.82) is 0 Å². The van der Waals surface area contributed by atoms with Crippen molar-refractivity contribution in [3.05, 3.63) is 23.8 Å². The second kappa shape index (κ2) is 8.25. The van der Waals surface area contributed by atoms with Gasteiger partial charge in [0, 0.05) is 25.2 Å². The Hall–Kier alpha value is -1.26. The summed E-state index contributed by atoms with van der Waals surface area (Å²) in [7, 11) is 3.34. The number of methoxy groups -OCH3 is 2. The number of rotatable bonds is 7. The summed E-state index contributed by atoms with van der Waals surface area (Å²) in [5, 5.41) is 9.36. The molecule has 1 saturated carbocycles. The molecule has 1 aromatic carbocycles. The summed E-state index contributed by atoms with van der Waals surface area (Å²) in [5.41, 5.74) is 1.17. The summed E-state index contributed by atoms with van der Waals surface area (Å²) in [6.07, 6.45) is 6.42. The zero-order valence-corrected chi connectivity index (χ0v) is 13.2. The molecule has 4 heteroatoms. The monoisotopic (exact) mass is 293 g/mol. The lowest BCUT2D eigenvalue weighted by Crippen LogP contribution is -2.38. The highest BCUT2D eigenvalue weighted by Gasteiger charge is 2.21. The molecular formula is C17H27NO3. The summed E-state index contributed by atoms with van der Waals surface area (Å²) in [5.74, 6) is 1.63. The normalized spacial score (nSPS) is 16.2. The Labute approximate surface area is 127 Å². The number of aliphatic hydroxyl groups is 1. The molecule has 0 aromatic heterocycles. The van der Waals surface area contributed by atoms with Gasteiger partial charge in [0.1, 0.15) is 11.5 Å². The quantitative estimate of drug-likeness (QED) is 0.839. The van der Waals surface area contributed by atoms with Gasteiger partial charge in [0.05, 0.1) is 20.8 Å². The van der Waals surface area contributed by atoms with E-state index in [0.29, 0.717) is 6.04 Å². The minimum Gasteiger partial charge on any atom is -0.497 e. The van der Waals surface area contributed by atoms with E-state index in [4.69, 9.17) is 9.47 Å². The maximum atomic E-state index is 9.36. The van der Waals surface area contributed by atoms with Crippen molar-refractivity contribution in [2.24, 2.45) is 0 Å². The number of hydrogen-bond acceptors (Lipinski definition) is 4. The molecule has 0 radical (unpaired) electrons. The first-order valence-corrected chi connectivity index (χ1v) is 7.83. The van der Waals surface area contributed by atoms with Gasteiger partial charge >= 0.3 is 0 Å². The Morgan fingerprint density at radius 1 is 1.05 bits per heavy atom. The predicted octanol–water partition coefficient (Wildman–Crippen LogP) is 2.83. The number of hydrogen-bond donors (Lipinski definition) is 1. The molecule has 118 valence electrons. The fourth-order valence-corrected chi connectivity index (χ4v) is 3.16. The smallest absolute Gasteiger partial charge is 0.122 e. The zero-order valence-electron chi connectivity index (χ0n) is 13.2. The van der Waals surface area contributed by atoms with Gasteiger partial charge in [-0.3, -0.25) is 4.90 Å². The van der Waals surface area contributed by atoms with Crippen molar-refractivity contribution in [1.82, 2.24) is 4.90 Å². The maximum absolute atomic E-state index is 9.36. The lowest BCUT2D eigenvalue weighted by Gasteiger charge is -2.34. The van der Waals surface area contributed by atoms with Gasteiger partial charge < -0.3 is 14.6 Å². The van der Waals surface area contributed by atoms with E-state index < -0.39 is 0 Å². The molecule has 1 aromatic rings. The van der Waals surface area contributed by atoms with E-state index in [2.05, 4.69) is 17.0 Å². The highest BCUT2D eigenvalue weighted by atomic mass is 16.5. The van der Waals surface area contributed by atoms with E-state index in [1.165, 1.54) is 37.7 Å². The summed E-state index contributed by atoms with van der Waals surface area (Å²) in [6.45, 7) is 1.76. The van der Waals surface area contributed by atoms with Gasteiger partial charge in [-0.2, -0.15) is 0 Å². The molecule has 1 N–H and O–H groups in total. The van der Waals surface area contributed by atoms with E-state index in [0.717, 1.165) is 24.6 Å². The molecule has 4 nitrogen and oxygen atoms in total. The Morgan fingerprint density at radius 2 is 1.67 bits per heavy atom. The number of nitrogens with zero attached hydrogens (tertiary/aromatic N) is 1. The van der Waals surface area contributed by atoms with Crippen LogP contribution in [0.2, 0.25) is 0 Å². The van der Waals surface area contributed by atoms with Crippen LogP contribution in [0.3, 0.4) is 0 Å². The van der Waals surface area contributed by atoms with Crippen LogP contribution in [0.1, 0.15) is 37.7 Å². The molecule has 21 heavy (non-hydrogen) atoms. The van der Waals surface area contributed by atoms with Gasteiger partial charge in [0.2, 0.25) is 0 Å². The van der Waals surface area contributed by atoms with E-state index >= 15 is 0 Å². The third kappa shape index (κ3) is 4.61. The van der Waals surface area contributed by atoms with Crippen LogP contribution in [-0.4, -0.2) is 43.4 Å². The van der Waals surface area contributed by atoms with Crippen LogP contribution in [0, 0.1) is 0 Å². The Morgan fingerprint density at radius 3 is 2.19 bits per heavy atom. The molecule has 0 spiro atoms. The minimum atomic E-state index is 0.206. The molecule has 0 atom stereocenters. The molecule has 0 aliphatic heterocycles. The van der Waals surface area contributed by atoms with Crippen LogP contribution in [0.15, 0.2) is 18.2 Å². The van der Waals surface area contributed by atoms with E-state index in [1.54, 1.807) is 14.2 Å². The summed E-state index contributed by atoms with van der Waals surface area (Å²) in [4.78, 5) is 2.40. The van der Waals surface area contributed by atoms with Crippen LogP contribution < -0.4 is 9.47 Å². The highest BCUT2D eigenvalue weighted by Crippen LogP contribution is 2.27. The van der Waals surface area contributed by atoms with Crippen molar-refractivity contribution in [3.8, 4) is 11.5 Å². The van der Waals surface area contributed by atoms with E-state index in [9.17, 15) is 5.11 Å². The lowest BCUT2D eigenvalue weighted by atomic mass is 9.94. The molecule has 1 fully saturated rings. The summed E-state index contributed by atoms with van der Waals surface area (Å²) in [6, 6.07) is 6.58. The van der Waals surface area contributed by atoms with Crippen LogP contribution in [0.5, 0.6) is 11.5 Å². The number of ether oxygens (including phenoxy) is 2. The van der Waals surface area contributed by atoms with Crippen LogP contribution in [0.25, 0.3) is 0 Å². The Bertz CT molecular complexity index is 408. The van der Waals surface area contributed by atoms with Gasteiger partial charge in [-0.15, -0.1) is 0 Å². The van der Waals surface area contributed by atoms with E-state index in [1.807, 2.05) is 6.07 Å². The van der Waals surface area contributed by atoms with Crippen molar-refractivity contribution >= 4 is 0 Å². The maximum Gasteiger partial charge on any atom is 0.122 e. The molecular weight excluding hydrogens is 266 g/mol. The Balaban J connectivity index is 2.11. The summed E-state index contributed by atoms with van der Waals surface area (Å²) < 4.78 is 10.7. The highest BCUT2D eigenvalue weighted by molar-refractivity contribution is 5.38. The van der Waals surface area contributed by atoms with Gasteiger partial charge in [0.15, 0.2) is 0 Å². The molecule has 2 rings (SSSR count). The SMILES string of the molecule is COc1cc(CN(CCO)C2CCCCC2)cc(OC)c1. The average molecular weight is 293 g/mol.